The second-order valence-electron chi connectivity index (χ2n) is 4.72. The van der Waals surface area contributed by atoms with Crippen molar-refractivity contribution in [2.45, 2.75) is 19.4 Å². The van der Waals surface area contributed by atoms with E-state index < -0.39 is 5.97 Å². The molecule has 0 amide bonds. The third kappa shape index (κ3) is 4.41. The van der Waals surface area contributed by atoms with Gasteiger partial charge in [0.25, 0.3) is 0 Å². The van der Waals surface area contributed by atoms with E-state index in [4.69, 9.17) is 9.84 Å². The highest BCUT2D eigenvalue weighted by molar-refractivity contribution is 5.97. The molecule has 0 atom stereocenters. The quantitative estimate of drug-likeness (QED) is 0.796. The van der Waals surface area contributed by atoms with E-state index >= 15 is 0 Å². The summed E-state index contributed by atoms with van der Waals surface area (Å²) < 4.78 is 19.0. The Morgan fingerprint density at radius 1 is 1.05 bits per heavy atom. The number of hydrogen-bond acceptors (Lipinski definition) is 3. The standard InChI is InChI=1S/C17H15FO4/c18-15-7-2-1-4-13(15)11-22-14-6-3-5-12(10-14)16(19)8-9-17(20)21/h1-7,10H,8-9,11H2,(H,20,21). The minimum absolute atomic E-state index is 0.0550. The Bertz CT molecular complexity index is 682. The van der Waals surface area contributed by atoms with E-state index in [-0.39, 0.29) is 31.0 Å². The molecule has 0 unspecified atom stereocenters. The summed E-state index contributed by atoms with van der Waals surface area (Å²) in [6, 6.07) is 12.7. The van der Waals surface area contributed by atoms with Gasteiger partial charge in [0.1, 0.15) is 18.2 Å². The molecule has 0 saturated carbocycles. The molecule has 2 rings (SSSR count). The number of carboxylic acids is 1. The van der Waals surface area contributed by atoms with Crippen LogP contribution in [0.15, 0.2) is 48.5 Å². The van der Waals surface area contributed by atoms with Crippen LogP contribution in [0, 0.1) is 5.82 Å². The molecule has 0 bridgehead atoms. The summed E-state index contributed by atoms with van der Waals surface area (Å²) in [6.45, 7) is 0.0550. The Morgan fingerprint density at radius 2 is 1.82 bits per heavy atom. The first-order chi connectivity index (χ1) is 10.6. The molecule has 0 fully saturated rings. The van der Waals surface area contributed by atoms with Crippen LogP contribution in [0.2, 0.25) is 0 Å². The molecule has 0 heterocycles. The van der Waals surface area contributed by atoms with E-state index in [1.54, 1.807) is 36.4 Å². The van der Waals surface area contributed by atoms with Gasteiger partial charge in [0.05, 0.1) is 6.42 Å². The molecular weight excluding hydrogens is 287 g/mol. The van der Waals surface area contributed by atoms with Gasteiger partial charge >= 0.3 is 5.97 Å². The Labute approximate surface area is 127 Å². The van der Waals surface area contributed by atoms with Crippen molar-refractivity contribution in [2.75, 3.05) is 0 Å². The van der Waals surface area contributed by atoms with Gasteiger partial charge in [0, 0.05) is 17.5 Å². The number of ether oxygens (including phenoxy) is 1. The summed E-state index contributed by atoms with van der Waals surface area (Å²) in [5.74, 6) is -1.19. The van der Waals surface area contributed by atoms with Gasteiger partial charge in [-0.2, -0.15) is 0 Å². The van der Waals surface area contributed by atoms with E-state index in [0.717, 1.165) is 0 Å². The zero-order valence-corrected chi connectivity index (χ0v) is 11.8. The third-order valence-corrected chi connectivity index (χ3v) is 3.07. The molecule has 0 radical (unpaired) electrons. The predicted molar refractivity (Wildman–Crippen MR) is 78.4 cm³/mol. The van der Waals surface area contributed by atoms with E-state index in [1.165, 1.54) is 12.1 Å². The summed E-state index contributed by atoms with van der Waals surface area (Å²) in [4.78, 5) is 22.3. The second-order valence-corrected chi connectivity index (χ2v) is 4.72. The first-order valence-electron chi connectivity index (χ1n) is 6.77. The minimum atomic E-state index is -1.01. The van der Waals surface area contributed by atoms with Gasteiger partial charge in [-0.15, -0.1) is 0 Å². The van der Waals surface area contributed by atoms with E-state index in [2.05, 4.69) is 0 Å². The lowest BCUT2D eigenvalue weighted by atomic mass is 10.1. The first-order valence-corrected chi connectivity index (χ1v) is 6.77. The summed E-state index contributed by atoms with van der Waals surface area (Å²) in [5.41, 5.74) is 0.803. The van der Waals surface area contributed by atoms with Crippen molar-refractivity contribution in [2.24, 2.45) is 0 Å². The average Bonchev–Trinajstić information content (AvgIpc) is 2.52. The van der Waals surface area contributed by atoms with Crippen molar-refractivity contribution in [3.05, 3.63) is 65.5 Å². The topological polar surface area (TPSA) is 63.6 Å². The number of carboxylic acid groups (broad SMARTS) is 1. The Hall–Kier alpha value is -2.69. The molecule has 22 heavy (non-hydrogen) atoms. The number of aliphatic carboxylic acids is 1. The molecule has 5 heteroatoms. The van der Waals surface area contributed by atoms with Crippen molar-refractivity contribution < 1.29 is 23.8 Å². The second kappa shape index (κ2) is 7.36. The van der Waals surface area contributed by atoms with Gasteiger partial charge in [-0.05, 0) is 18.2 Å². The Kier molecular flexibility index (Phi) is 5.25. The monoisotopic (exact) mass is 302 g/mol. The molecule has 0 aliphatic rings. The van der Waals surface area contributed by atoms with Gasteiger partial charge in [0.15, 0.2) is 5.78 Å². The lowest BCUT2D eigenvalue weighted by molar-refractivity contribution is -0.136. The summed E-state index contributed by atoms with van der Waals surface area (Å²) in [6.07, 6.45) is -0.273. The lowest BCUT2D eigenvalue weighted by Gasteiger charge is -2.08. The van der Waals surface area contributed by atoms with Crippen LogP contribution in [-0.4, -0.2) is 16.9 Å². The van der Waals surface area contributed by atoms with Crippen LogP contribution in [0.25, 0.3) is 0 Å². The molecular formula is C17H15FO4. The highest BCUT2D eigenvalue weighted by atomic mass is 19.1. The van der Waals surface area contributed by atoms with E-state index in [1.807, 2.05) is 0 Å². The molecule has 1 N–H and O–H groups in total. The molecule has 4 nitrogen and oxygen atoms in total. The van der Waals surface area contributed by atoms with Gasteiger partial charge < -0.3 is 9.84 Å². The fourth-order valence-corrected chi connectivity index (χ4v) is 1.90. The van der Waals surface area contributed by atoms with Crippen LogP contribution < -0.4 is 4.74 Å². The first kappa shape index (κ1) is 15.7. The molecule has 0 spiro atoms. The van der Waals surface area contributed by atoms with Crippen LogP contribution >= 0.6 is 0 Å². The SMILES string of the molecule is O=C(O)CCC(=O)c1cccc(OCc2ccccc2F)c1. The van der Waals surface area contributed by atoms with Crippen molar-refractivity contribution in [3.63, 3.8) is 0 Å². The molecule has 2 aromatic rings. The number of carbonyl (C=O) groups is 2. The van der Waals surface area contributed by atoms with Gasteiger partial charge in [-0.3, -0.25) is 9.59 Å². The maximum absolute atomic E-state index is 13.5. The van der Waals surface area contributed by atoms with E-state index in [0.29, 0.717) is 16.9 Å². The highest BCUT2D eigenvalue weighted by Crippen LogP contribution is 2.17. The highest BCUT2D eigenvalue weighted by Gasteiger charge is 2.10. The lowest BCUT2D eigenvalue weighted by Crippen LogP contribution is -2.04. The van der Waals surface area contributed by atoms with Crippen molar-refractivity contribution in [1.82, 2.24) is 0 Å². The molecule has 2 aromatic carbocycles. The van der Waals surface area contributed by atoms with Crippen LogP contribution in [0.4, 0.5) is 4.39 Å². The number of Topliss-reactive ketones (excluding diaryl/α,β-unsaturated/α-hetero) is 1. The zero-order chi connectivity index (χ0) is 15.9. The zero-order valence-electron chi connectivity index (χ0n) is 11.8. The van der Waals surface area contributed by atoms with Gasteiger partial charge in [-0.25, -0.2) is 4.39 Å². The fraction of sp³-hybridized carbons (Fsp3) is 0.176. The smallest absolute Gasteiger partial charge is 0.303 e. The molecule has 114 valence electrons. The number of benzene rings is 2. The van der Waals surface area contributed by atoms with Crippen LogP contribution in [0.3, 0.4) is 0 Å². The normalized spacial score (nSPS) is 10.2. The van der Waals surface area contributed by atoms with Crippen LogP contribution in [0.5, 0.6) is 5.75 Å². The largest absolute Gasteiger partial charge is 0.489 e. The molecule has 0 aliphatic carbocycles. The molecule has 0 aromatic heterocycles. The summed E-state index contributed by atoms with van der Waals surface area (Å²) in [7, 11) is 0. The number of ketones is 1. The van der Waals surface area contributed by atoms with Crippen LogP contribution in [0.1, 0.15) is 28.8 Å². The molecule has 0 aliphatic heterocycles. The predicted octanol–water partition coefficient (Wildman–Crippen LogP) is 3.45. The summed E-state index contributed by atoms with van der Waals surface area (Å²) >= 11 is 0. The van der Waals surface area contributed by atoms with Crippen molar-refractivity contribution in [1.29, 1.82) is 0 Å². The number of carbonyl (C=O) groups excluding carboxylic acids is 1. The van der Waals surface area contributed by atoms with Gasteiger partial charge in [-0.1, -0.05) is 30.3 Å². The maximum atomic E-state index is 13.5. The van der Waals surface area contributed by atoms with Crippen LogP contribution in [-0.2, 0) is 11.4 Å². The van der Waals surface area contributed by atoms with E-state index in [9.17, 15) is 14.0 Å². The fourth-order valence-electron chi connectivity index (χ4n) is 1.90. The Balaban J connectivity index is 2.01. The average molecular weight is 302 g/mol. The Morgan fingerprint density at radius 3 is 2.55 bits per heavy atom. The number of halogens is 1. The van der Waals surface area contributed by atoms with Crippen molar-refractivity contribution >= 4 is 11.8 Å². The number of rotatable bonds is 7. The third-order valence-electron chi connectivity index (χ3n) is 3.07. The number of hydrogen-bond donors (Lipinski definition) is 1. The molecule has 0 saturated heterocycles. The summed E-state index contributed by atoms with van der Waals surface area (Å²) in [5, 5.41) is 8.59. The van der Waals surface area contributed by atoms with Gasteiger partial charge in [0.2, 0.25) is 0 Å². The maximum Gasteiger partial charge on any atom is 0.303 e. The van der Waals surface area contributed by atoms with Crippen molar-refractivity contribution in [3.8, 4) is 5.75 Å². The minimum Gasteiger partial charge on any atom is -0.489 e.